The fourth-order valence-corrected chi connectivity index (χ4v) is 3.81. The van der Waals surface area contributed by atoms with Crippen molar-refractivity contribution in [3.63, 3.8) is 0 Å². The maximum Gasteiger partial charge on any atom is 0.418 e. The normalized spacial score (nSPS) is 15.1. The van der Waals surface area contributed by atoms with Crippen LogP contribution in [0.5, 0.6) is 0 Å². The molecule has 1 fully saturated rings. The Kier molecular flexibility index (Phi) is 7.67. The van der Waals surface area contributed by atoms with Crippen molar-refractivity contribution in [2.75, 3.05) is 49.5 Å². The predicted octanol–water partition coefficient (Wildman–Crippen LogP) is 5.00. The zero-order valence-corrected chi connectivity index (χ0v) is 18.1. The zero-order chi connectivity index (χ0) is 22.4. The molecule has 9 heteroatoms. The summed E-state index contributed by atoms with van der Waals surface area (Å²) in [5, 5.41) is 5.64. The van der Waals surface area contributed by atoms with Gasteiger partial charge in [-0.25, -0.2) is 4.79 Å². The van der Waals surface area contributed by atoms with Gasteiger partial charge in [-0.05, 0) is 49.7 Å². The van der Waals surface area contributed by atoms with E-state index in [2.05, 4.69) is 27.4 Å². The van der Waals surface area contributed by atoms with E-state index in [9.17, 15) is 18.0 Å². The molecular weight excluding hydrogens is 429 g/mol. The molecule has 2 amide bonds. The van der Waals surface area contributed by atoms with Crippen molar-refractivity contribution in [1.29, 1.82) is 0 Å². The summed E-state index contributed by atoms with van der Waals surface area (Å²) in [5.41, 5.74) is 1.24. The Bertz CT molecular complexity index is 899. The van der Waals surface area contributed by atoms with Gasteiger partial charge in [-0.3, -0.25) is 4.90 Å². The lowest BCUT2D eigenvalue weighted by atomic mass is 10.1. The summed E-state index contributed by atoms with van der Waals surface area (Å²) in [6.45, 7) is 6.85. The number of rotatable bonds is 6. The van der Waals surface area contributed by atoms with Crippen LogP contribution in [-0.4, -0.2) is 50.2 Å². The molecule has 31 heavy (non-hydrogen) atoms. The number of alkyl halides is 3. The van der Waals surface area contributed by atoms with Gasteiger partial charge in [0, 0.05) is 43.4 Å². The molecule has 5 nitrogen and oxygen atoms in total. The number of anilines is 2. The Labute approximate surface area is 185 Å². The first kappa shape index (κ1) is 23.2. The van der Waals surface area contributed by atoms with E-state index in [0.29, 0.717) is 13.0 Å². The highest BCUT2D eigenvalue weighted by molar-refractivity contribution is 6.30. The molecule has 1 aliphatic heterocycles. The Morgan fingerprint density at radius 1 is 1.10 bits per heavy atom. The summed E-state index contributed by atoms with van der Waals surface area (Å²) in [6, 6.07) is 10.2. The number of carbonyl (C=O) groups is 1. The molecule has 0 saturated carbocycles. The molecule has 1 aliphatic rings. The van der Waals surface area contributed by atoms with Gasteiger partial charge in [-0.2, -0.15) is 13.2 Å². The molecule has 0 aliphatic carbocycles. The van der Waals surface area contributed by atoms with Crippen LogP contribution < -0.4 is 15.5 Å². The minimum atomic E-state index is -4.52. The summed E-state index contributed by atoms with van der Waals surface area (Å²) in [5.74, 6) is 0. The van der Waals surface area contributed by atoms with E-state index in [1.54, 1.807) is 0 Å². The smallest absolute Gasteiger partial charge is 0.369 e. The number of amides is 2. The molecular formula is C22H26ClF3N4O. The largest absolute Gasteiger partial charge is 0.418 e. The lowest BCUT2D eigenvalue weighted by molar-refractivity contribution is -0.136. The van der Waals surface area contributed by atoms with Crippen LogP contribution >= 0.6 is 11.6 Å². The SMILES string of the molecule is Cc1ccc(Cl)cc1N1CCN(CCCNC(=O)Nc2ccccc2C(F)(F)F)CC1. The molecule has 0 spiro atoms. The Balaban J connectivity index is 1.38. The second-order valence-electron chi connectivity index (χ2n) is 7.54. The number of hydrogen-bond acceptors (Lipinski definition) is 3. The number of piperazine rings is 1. The molecule has 0 aromatic heterocycles. The maximum absolute atomic E-state index is 13.0. The number of nitrogens with one attached hydrogen (secondary N) is 2. The molecule has 0 radical (unpaired) electrons. The lowest BCUT2D eigenvalue weighted by Crippen LogP contribution is -2.47. The van der Waals surface area contributed by atoms with E-state index < -0.39 is 17.8 Å². The average Bonchev–Trinajstić information content (AvgIpc) is 2.73. The first-order chi connectivity index (χ1) is 14.7. The molecule has 0 unspecified atom stereocenters. The molecule has 168 valence electrons. The van der Waals surface area contributed by atoms with E-state index in [4.69, 9.17) is 11.6 Å². The molecule has 2 aromatic carbocycles. The van der Waals surface area contributed by atoms with Crippen molar-refractivity contribution in [2.24, 2.45) is 0 Å². The number of benzene rings is 2. The van der Waals surface area contributed by atoms with Crippen LogP contribution in [0.2, 0.25) is 5.02 Å². The van der Waals surface area contributed by atoms with Crippen molar-refractivity contribution < 1.29 is 18.0 Å². The molecule has 1 saturated heterocycles. The highest BCUT2D eigenvalue weighted by Crippen LogP contribution is 2.34. The fourth-order valence-electron chi connectivity index (χ4n) is 3.65. The van der Waals surface area contributed by atoms with Crippen LogP contribution in [0.15, 0.2) is 42.5 Å². The van der Waals surface area contributed by atoms with E-state index in [1.807, 2.05) is 18.2 Å². The number of para-hydroxylation sites is 1. The van der Waals surface area contributed by atoms with E-state index in [1.165, 1.54) is 23.8 Å². The Morgan fingerprint density at radius 2 is 1.81 bits per heavy atom. The molecule has 2 aromatic rings. The van der Waals surface area contributed by atoms with Gasteiger partial charge in [0.15, 0.2) is 0 Å². The molecule has 0 bridgehead atoms. The number of nitrogens with zero attached hydrogens (tertiary/aromatic N) is 2. The minimum Gasteiger partial charge on any atom is -0.369 e. The summed E-state index contributed by atoms with van der Waals surface area (Å²) in [6.07, 6.45) is -3.81. The summed E-state index contributed by atoms with van der Waals surface area (Å²) >= 11 is 6.12. The monoisotopic (exact) mass is 454 g/mol. The van der Waals surface area contributed by atoms with Crippen LogP contribution in [0.4, 0.5) is 29.3 Å². The Morgan fingerprint density at radius 3 is 2.52 bits per heavy atom. The number of halogens is 4. The molecule has 1 heterocycles. The van der Waals surface area contributed by atoms with Gasteiger partial charge in [0.25, 0.3) is 0 Å². The van der Waals surface area contributed by atoms with E-state index in [0.717, 1.165) is 49.5 Å². The number of aryl methyl sites for hydroxylation is 1. The molecule has 0 atom stereocenters. The standard InChI is InChI=1S/C22H26ClF3N4O/c1-16-7-8-17(23)15-20(16)30-13-11-29(12-14-30)10-4-9-27-21(31)28-19-6-3-2-5-18(19)22(24,25)26/h2-3,5-8,15H,4,9-14H2,1H3,(H2,27,28,31). The Hall–Kier alpha value is -2.45. The first-order valence-corrected chi connectivity index (χ1v) is 10.6. The lowest BCUT2D eigenvalue weighted by Gasteiger charge is -2.37. The highest BCUT2D eigenvalue weighted by atomic mass is 35.5. The average molecular weight is 455 g/mol. The quantitative estimate of drug-likeness (QED) is 0.604. The summed E-state index contributed by atoms with van der Waals surface area (Å²) < 4.78 is 39.0. The van der Waals surface area contributed by atoms with Gasteiger partial charge in [0.05, 0.1) is 11.3 Å². The van der Waals surface area contributed by atoms with Gasteiger partial charge in [0.1, 0.15) is 0 Å². The fraction of sp³-hybridized carbons (Fsp3) is 0.409. The van der Waals surface area contributed by atoms with E-state index in [-0.39, 0.29) is 5.69 Å². The van der Waals surface area contributed by atoms with Crippen LogP contribution in [0, 0.1) is 6.92 Å². The van der Waals surface area contributed by atoms with Crippen LogP contribution in [-0.2, 0) is 6.18 Å². The third kappa shape index (κ3) is 6.51. The van der Waals surface area contributed by atoms with Crippen molar-refractivity contribution >= 4 is 29.0 Å². The number of carbonyl (C=O) groups excluding carboxylic acids is 1. The maximum atomic E-state index is 13.0. The zero-order valence-electron chi connectivity index (χ0n) is 17.3. The summed E-state index contributed by atoms with van der Waals surface area (Å²) in [4.78, 5) is 16.6. The highest BCUT2D eigenvalue weighted by Gasteiger charge is 2.33. The van der Waals surface area contributed by atoms with Crippen LogP contribution in [0.25, 0.3) is 0 Å². The second-order valence-corrected chi connectivity index (χ2v) is 7.97. The van der Waals surface area contributed by atoms with Gasteiger partial charge in [0.2, 0.25) is 0 Å². The first-order valence-electron chi connectivity index (χ1n) is 10.2. The third-order valence-corrected chi connectivity index (χ3v) is 5.54. The predicted molar refractivity (Wildman–Crippen MR) is 118 cm³/mol. The van der Waals surface area contributed by atoms with Crippen molar-refractivity contribution in [1.82, 2.24) is 10.2 Å². The van der Waals surface area contributed by atoms with Gasteiger partial charge in [-0.1, -0.05) is 29.8 Å². The van der Waals surface area contributed by atoms with Gasteiger partial charge in [-0.15, -0.1) is 0 Å². The van der Waals surface area contributed by atoms with Crippen molar-refractivity contribution in [3.8, 4) is 0 Å². The van der Waals surface area contributed by atoms with Gasteiger partial charge >= 0.3 is 12.2 Å². The van der Waals surface area contributed by atoms with Crippen molar-refractivity contribution in [2.45, 2.75) is 19.5 Å². The number of hydrogen-bond donors (Lipinski definition) is 2. The second kappa shape index (κ2) is 10.2. The molecule has 2 N–H and O–H groups in total. The number of urea groups is 1. The van der Waals surface area contributed by atoms with E-state index >= 15 is 0 Å². The van der Waals surface area contributed by atoms with Crippen LogP contribution in [0.1, 0.15) is 17.5 Å². The topological polar surface area (TPSA) is 47.6 Å². The summed E-state index contributed by atoms with van der Waals surface area (Å²) in [7, 11) is 0. The minimum absolute atomic E-state index is 0.250. The molecule has 3 rings (SSSR count). The third-order valence-electron chi connectivity index (χ3n) is 5.30. The van der Waals surface area contributed by atoms with Gasteiger partial charge < -0.3 is 15.5 Å². The van der Waals surface area contributed by atoms with Crippen LogP contribution in [0.3, 0.4) is 0 Å². The van der Waals surface area contributed by atoms with Crippen molar-refractivity contribution in [3.05, 3.63) is 58.6 Å².